The van der Waals surface area contributed by atoms with Gasteiger partial charge >= 0.3 is 5.97 Å². The number of carbonyl (C=O) groups excluding carboxylic acids is 1. The van der Waals surface area contributed by atoms with E-state index < -0.39 is 5.97 Å². The van der Waals surface area contributed by atoms with Crippen molar-refractivity contribution >= 4 is 28.3 Å². The molecular formula is C11H15N5O2S. The predicted octanol–water partition coefficient (Wildman–Crippen LogP) is 1.28. The van der Waals surface area contributed by atoms with Crippen LogP contribution in [0.1, 0.15) is 23.0 Å². The zero-order valence-electron chi connectivity index (χ0n) is 10.5. The third-order valence-electron chi connectivity index (χ3n) is 2.43. The number of hydrogen-bond donors (Lipinski definition) is 3. The molecule has 7 nitrogen and oxygen atoms in total. The van der Waals surface area contributed by atoms with Gasteiger partial charge < -0.3 is 20.8 Å². The van der Waals surface area contributed by atoms with E-state index in [1.165, 1.54) is 0 Å². The van der Waals surface area contributed by atoms with E-state index in [2.05, 4.69) is 19.7 Å². The number of anilines is 2. The molecule has 0 aliphatic rings. The lowest BCUT2D eigenvalue weighted by atomic mass is 10.3. The van der Waals surface area contributed by atoms with Gasteiger partial charge in [-0.3, -0.25) is 0 Å². The quantitative estimate of drug-likeness (QED) is 0.689. The summed E-state index contributed by atoms with van der Waals surface area (Å²) in [6.45, 7) is 2.71. The molecule has 0 atom stereocenters. The van der Waals surface area contributed by atoms with Crippen molar-refractivity contribution in [3.05, 3.63) is 23.8 Å². The van der Waals surface area contributed by atoms with Crippen LogP contribution in [0, 0.1) is 0 Å². The Morgan fingerprint density at radius 2 is 2.47 bits per heavy atom. The molecule has 0 aliphatic carbocycles. The van der Waals surface area contributed by atoms with E-state index >= 15 is 0 Å². The average molecular weight is 281 g/mol. The predicted molar refractivity (Wildman–Crippen MR) is 73.3 cm³/mol. The molecule has 2 aromatic heterocycles. The van der Waals surface area contributed by atoms with Crippen molar-refractivity contribution in [2.75, 3.05) is 24.2 Å². The Bertz CT molecular complexity index is 537. The van der Waals surface area contributed by atoms with E-state index in [4.69, 9.17) is 10.5 Å². The SMILES string of the molecule is CCOC(=O)c1c(N)nsc1NCCc1cnc[nH]1. The first-order valence-corrected chi connectivity index (χ1v) is 6.63. The number of nitrogens with zero attached hydrogens (tertiary/aromatic N) is 2. The molecule has 102 valence electrons. The fraction of sp³-hybridized carbons (Fsp3) is 0.364. The minimum atomic E-state index is -0.446. The third-order valence-corrected chi connectivity index (χ3v) is 3.25. The number of nitrogens with two attached hydrogens (primary N) is 1. The van der Waals surface area contributed by atoms with Crippen molar-refractivity contribution in [1.29, 1.82) is 0 Å². The standard InChI is InChI=1S/C11H15N5O2S/c1-2-18-11(17)8-9(12)16-19-10(8)14-4-3-7-5-13-6-15-7/h5-6,14H,2-4H2,1H3,(H2,12,16)(H,13,15). The molecule has 0 saturated carbocycles. The Balaban J connectivity index is 1.98. The van der Waals surface area contributed by atoms with Crippen molar-refractivity contribution in [2.45, 2.75) is 13.3 Å². The van der Waals surface area contributed by atoms with E-state index in [9.17, 15) is 4.79 Å². The van der Waals surface area contributed by atoms with Gasteiger partial charge in [0.1, 0.15) is 10.6 Å². The Kier molecular flexibility index (Phi) is 4.35. The van der Waals surface area contributed by atoms with Gasteiger partial charge in [0.05, 0.1) is 12.9 Å². The maximum Gasteiger partial charge on any atom is 0.344 e. The highest BCUT2D eigenvalue weighted by molar-refractivity contribution is 7.11. The van der Waals surface area contributed by atoms with Gasteiger partial charge in [-0.2, -0.15) is 4.37 Å². The van der Waals surface area contributed by atoms with Crippen LogP contribution in [0.4, 0.5) is 10.8 Å². The summed E-state index contributed by atoms with van der Waals surface area (Å²) in [7, 11) is 0. The first-order valence-electron chi connectivity index (χ1n) is 5.85. The molecule has 0 aliphatic heterocycles. The Labute approximate surface area is 114 Å². The first-order chi connectivity index (χ1) is 9.22. The van der Waals surface area contributed by atoms with E-state index in [0.29, 0.717) is 23.7 Å². The van der Waals surface area contributed by atoms with Crippen LogP contribution in [-0.4, -0.2) is 33.5 Å². The highest BCUT2D eigenvalue weighted by Gasteiger charge is 2.20. The van der Waals surface area contributed by atoms with E-state index in [1.807, 2.05) is 0 Å². The number of carbonyl (C=O) groups is 1. The molecule has 0 spiro atoms. The summed E-state index contributed by atoms with van der Waals surface area (Å²) in [6.07, 6.45) is 4.15. The third kappa shape index (κ3) is 3.22. The smallest absolute Gasteiger partial charge is 0.344 e. The van der Waals surface area contributed by atoms with Gasteiger partial charge in [0.25, 0.3) is 0 Å². The zero-order valence-corrected chi connectivity index (χ0v) is 11.3. The molecule has 0 unspecified atom stereocenters. The second kappa shape index (κ2) is 6.19. The summed E-state index contributed by atoms with van der Waals surface area (Å²) < 4.78 is 8.92. The van der Waals surface area contributed by atoms with Gasteiger partial charge in [-0.15, -0.1) is 0 Å². The molecule has 0 aromatic carbocycles. The van der Waals surface area contributed by atoms with Gasteiger partial charge in [0, 0.05) is 24.9 Å². The minimum Gasteiger partial charge on any atom is -0.462 e. The number of esters is 1. The summed E-state index contributed by atoms with van der Waals surface area (Å²) in [6, 6.07) is 0. The lowest BCUT2D eigenvalue weighted by molar-refractivity contribution is 0.0529. The number of aromatic nitrogens is 3. The summed E-state index contributed by atoms with van der Waals surface area (Å²) in [5.41, 5.74) is 7.01. The van der Waals surface area contributed by atoms with Crippen molar-refractivity contribution < 1.29 is 9.53 Å². The van der Waals surface area contributed by atoms with Gasteiger partial charge in [0.2, 0.25) is 0 Å². The molecule has 8 heteroatoms. The molecule has 2 rings (SSSR count). The normalized spacial score (nSPS) is 10.4. The molecular weight excluding hydrogens is 266 g/mol. The van der Waals surface area contributed by atoms with Gasteiger partial charge in [-0.05, 0) is 18.5 Å². The average Bonchev–Trinajstić information content (AvgIpc) is 3.00. The van der Waals surface area contributed by atoms with Crippen LogP contribution in [0.5, 0.6) is 0 Å². The van der Waals surface area contributed by atoms with Crippen molar-refractivity contribution in [2.24, 2.45) is 0 Å². The van der Waals surface area contributed by atoms with Crippen LogP contribution >= 0.6 is 11.5 Å². The molecule has 0 radical (unpaired) electrons. The van der Waals surface area contributed by atoms with E-state index in [1.54, 1.807) is 19.4 Å². The Hall–Kier alpha value is -2.09. The number of rotatable bonds is 6. The monoisotopic (exact) mass is 281 g/mol. The van der Waals surface area contributed by atoms with Crippen molar-refractivity contribution in [3.63, 3.8) is 0 Å². The molecule has 4 N–H and O–H groups in total. The minimum absolute atomic E-state index is 0.201. The van der Waals surface area contributed by atoms with Gasteiger partial charge in [0.15, 0.2) is 5.82 Å². The lowest BCUT2D eigenvalue weighted by Gasteiger charge is -2.06. The van der Waals surface area contributed by atoms with E-state index in [-0.39, 0.29) is 5.82 Å². The first kappa shape index (κ1) is 13.3. The maximum atomic E-state index is 11.7. The number of hydrogen-bond acceptors (Lipinski definition) is 7. The molecule has 0 amide bonds. The topological polar surface area (TPSA) is 106 Å². The van der Waals surface area contributed by atoms with Crippen LogP contribution in [0.2, 0.25) is 0 Å². The fourth-order valence-electron chi connectivity index (χ4n) is 1.56. The summed E-state index contributed by atoms with van der Waals surface area (Å²) in [5.74, 6) is -0.245. The Morgan fingerprint density at radius 3 is 3.16 bits per heavy atom. The summed E-state index contributed by atoms with van der Waals surface area (Å²) >= 11 is 1.15. The lowest BCUT2D eigenvalue weighted by Crippen LogP contribution is -2.11. The van der Waals surface area contributed by atoms with Crippen LogP contribution < -0.4 is 11.1 Å². The number of nitrogen functional groups attached to an aromatic ring is 1. The van der Waals surface area contributed by atoms with Crippen LogP contribution in [0.3, 0.4) is 0 Å². The molecule has 2 heterocycles. The largest absolute Gasteiger partial charge is 0.462 e. The second-order valence-electron chi connectivity index (χ2n) is 3.75. The van der Waals surface area contributed by atoms with E-state index in [0.717, 1.165) is 23.6 Å². The number of nitrogens with one attached hydrogen (secondary N) is 2. The number of aromatic amines is 1. The fourth-order valence-corrected chi connectivity index (χ4v) is 2.28. The molecule has 0 saturated heterocycles. The summed E-state index contributed by atoms with van der Waals surface area (Å²) in [4.78, 5) is 18.7. The second-order valence-corrected chi connectivity index (χ2v) is 4.52. The van der Waals surface area contributed by atoms with Crippen LogP contribution in [0.15, 0.2) is 12.5 Å². The van der Waals surface area contributed by atoms with Crippen molar-refractivity contribution in [1.82, 2.24) is 14.3 Å². The molecule has 0 bridgehead atoms. The summed E-state index contributed by atoms with van der Waals surface area (Å²) in [5, 5.41) is 3.77. The van der Waals surface area contributed by atoms with Gasteiger partial charge in [-0.1, -0.05) is 0 Å². The number of imidazole rings is 1. The van der Waals surface area contributed by atoms with Crippen LogP contribution in [0.25, 0.3) is 0 Å². The highest BCUT2D eigenvalue weighted by Crippen LogP contribution is 2.27. The zero-order chi connectivity index (χ0) is 13.7. The van der Waals surface area contributed by atoms with Gasteiger partial charge in [-0.25, -0.2) is 9.78 Å². The van der Waals surface area contributed by atoms with Crippen molar-refractivity contribution in [3.8, 4) is 0 Å². The number of ether oxygens (including phenoxy) is 1. The Morgan fingerprint density at radius 1 is 1.63 bits per heavy atom. The molecule has 0 fully saturated rings. The van der Waals surface area contributed by atoms with Crippen LogP contribution in [-0.2, 0) is 11.2 Å². The highest BCUT2D eigenvalue weighted by atomic mass is 32.1. The molecule has 19 heavy (non-hydrogen) atoms. The maximum absolute atomic E-state index is 11.7. The number of H-pyrrole nitrogens is 1. The molecule has 2 aromatic rings.